The Labute approximate surface area is 85.8 Å². The highest BCUT2D eigenvalue weighted by atomic mass is 15.1. The van der Waals surface area contributed by atoms with Crippen LogP contribution in [0.5, 0.6) is 0 Å². The van der Waals surface area contributed by atoms with Crippen molar-refractivity contribution in [3.63, 3.8) is 0 Å². The predicted molar refractivity (Wildman–Crippen MR) is 59.0 cm³/mol. The van der Waals surface area contributed by atoms with Crippen molar-refractivity contribution in [3.05, 3.63) is 22.6 Å². The summed E-state index contributed by atoms with van der Waals surface area (Å²) in [5.41, 5.74) is 8.53. The number of rotatable bonds is 5. The van der Waals surface area contributed by atoms with Crippen molar-refractivity contribution in [3.8, 4) is 0 Å². The smallest absolute Gasteiger partial charge is 0.0260 e. The quantitative estimate of drug-likeness (QED) is 0.206. The lowest BCUT2D eigenvalue weighted by atomic mass is 9.88. The fourth-order valence-corrected chi connectivity index (χ4v) is 2.04. The molecular weight excluding hydrogens is 174 g/mol. The van der Waals surface area contributed by atoms with E-state index in [9.17, 15) is 0 Å². The van der Waals surface area contributed by atoms with E-state index in [-0.39, 0.29) is 0 Å². The molecule has 1 rings (SSSR count). The highest BCUT2D eigenvalue weighted by Gasteiger charge is 2.24. The van der Waals surface area contributed by atoms with Gasteiger partial charge in [0.2, 0.25) is 0 Å². The molecule has 3 heteroatoms. The van der Waals surface area contributed by atoms with Gasteiger partial charge in [-0.3, -0.25) is 0 Å². The molecule has 0 saturated heterocycles. The summed E-state index contributed by atoms with van der Waals surface area (Å²) < 4.78 is 0. The fourth-order valence-electron chi connectivity index (χ4n) is 2.04. The highest BCUT2D eigenvalue weighted by molar-refractivity contribution is 4.99. The summed E-state index contributed by atoms with van der Waals surface area (Å²) in [4.78, 5) is 2.73. The lowest BCUT2D eigenvalue weighted by Gasteiger charge is -2.17. The van der Waals surface area contributed by atoms with Crippen molar-refractivity contribution in [2.24, 2.45) is 10.5 Å². The molecule has 0 unspecified atom stereocenters. The molecule has 0 heterocycles. The Hall–Kier alpha value is -0.950. The van der Waals surface area contributed by atoms with E-state index in [1.165, 1.54) is 25.7 Å². The van der Waals surface area contributed by atoms with Crippen molar-refractivity contribution in [2.45, 2.75) is 45.4 Å². The first-order valence-corrected chi connectivity index (χ1v) is 5.45. The molecule has 0 radical (unpaired) electrons. The zero-order valence-electron chi connectivity index (χ0n) is 8.95. The van der Waals surface area contributed by atoms with Gasteiger partial charge in [-0.15, -0.1) is 0 Å². The highest BCUT2D eigenvalue weighted by Crippen LogP contribution is 2.38. The Morgan fingerprint density at radius 3 is 2.79 bits per heavy atom. The van der Waals surface area contributed by atoms with E-state index in [4.69, 9.17) is 5.53 Å². The molecule has 1 fully saturated rings. The SMILES string of the molecule is CC1(/C=C\CCCN=[N+]=[N-])CCCC1. The van der Waals surface area contributed by atoms with Crippen LogP contribution in [0.3, 0.4) is 0 Å². The molecular formula is C11H19N3. The van der Waals surface area contributed by atoms with Crippen LogP contribution in [-0.2, 0) is 0 Å². The Morgan fingerprint density at radius 1 is 1.43 bits per heavy atom. The van der Waals surface area contributed by atoms with Crippen LogP contribution in [-0.4, -0.2) is 6.54 Å². The average Bonchev–Trinajstić information content (AvgIpc) is 2.59. The molecule has 1 aliphatic carbocycles. The van der Waals surface area contributed by atoms with Gasteiger partial charge in [0, 0.05) is 11.5 Å². The van der Waals surface area contributed by atoms with Gasteiger partial charge in [0.05, 0.1) is 0 Å². The van der Waals surface area contributed by atoms with Crippen LogP contribution in [0.1, 0.15) is 45.4 Å². The van der Waals surface area contributed by atoms with Crippen LogP contribution in [0.4, 0.5) is 0 Å². The number of allylic oxidation sites excluding steroid dienone is 2. The molecule has 0 aromatic heterocycles. The van der Waals surface area contributed by atoms with E-state index < -0.39 is 0 Å². The predicted octanol–water partition coefficient (Wildman–Crippen LogP) is 4.21. The first-order chi connectivity index (χ1) is 6.77. The Morgan fingerprint density at radius 2 is 2.14 bits per heavy atom. The maximum absolute atomic E-state index is 8.08. The molecule has 14 heavy (non-hydrogen) atoms. The van der Waals surface area contributed by atoms with Gasteiger partial charge >= 0.3 is 0 Å². The third kappa shape index (κ3) is 3.84. The van der Waals surface area contributed by atoms with Gasteiger partial charge < -0.3 is 0 Å². The van der Waals surface area contributed by atoms with Crippen LogP contribution in [0.15, 0.2) is 17.3 Å². The lowest BCUT2D eigenvalue weighted by Crippen LogP contribution is -2.05. The minimum absolute atomic E-state index is 0.457. The van der Waals surface area contributed by atoms with E-state index in [0.29, 0.717) is 12.0 Å². The minimum Gasteiger partial charge on any atom is -0.0940 e. The first kappa shape index (κ1) is 11.1. The lowest BCUT2D eigenvalue weighted by molar-refractivity contribution is 0.445. The van der Waals surface area contributed by atoms with Crippen LogP contribution in [0, 0.1) is 5.41 Å². The first-order valence-electron chi connectivity index (χ1n) is 5.45. The van der Waals surface area contributed by atoms with Crippen LogP contribution in [0.25, 0.3) is 10.4 Å². The second kappa shape index (κ2) is 5.71. The Kier molecular flexibility index (Phi) is 4.54. The molecule has 0 bridgehead atoms. The zero-order valence-corrected chi connectivity index (χ0v) is 8.95. The van der Waals surface area contributed by atoms with Crippen LogP contribution in [0.2, 0.25) is 0 Å². The van der Waals surface area contributed by atoms with Gasteiger partial charge in [0.15, 0.2) is 0 Å². The number of nitrogens with zero attached hydrogens (tertiary/aromatic N) is 3. The largest absolute Gasteiger partial charge is 0.0940 e. The van der Waals surface area contributed by atoms with E-state index >= 15 is 0 Å². The second-order valence-electron chi connectivity index (χ2n) is 4.36. The Bertz CT molecular complexity index is 233. The topological polar surface area (TPSA) is 48.8 Å². The van der Waals surface area contributed by atoms with E-state index in [1.807, 2.05) is 0 Å². The monoisotopic (exact) mass is 193 g/mol. The summed E-state index contributed by atoms with van der Waals surface area (Å²) in [6.45, 7) is 2.96. The standard InChI is InChI=1S/C11H19N3/c1-11(8-4-5-9-11)7-3-2-6-10-13-14-12/h3,7H,2,4-6,8-10H2,1H3/b7-3-. The minimum atomic E-state index is 0.457. The average molecular weight is 193 g/mol. The molecule has 0 amide bonds. The molecule has 0 spiro atoms. The van der Waals surface area contributed by atoms with Gasteiger partial charge in [0.25, 0.3) is 0 Å². The maximum Gasteiger partial charge on any atom is 0.0260 e. The normalized spacial score (nSPS) is 19.8. The van der Waals surface area contributed by atoms with Gasteiger partial charge in [-0.05, 0) is 36.6 Å². The van der Waals surface area contributed by atoms with Crippen molar-refractivity contribution < 1.29 is 0 Å². The van der Waals surface area contributed by atoms with Gasteiger partial charge in [-0.1, -0.05) is 37.0 Å². The summed E-state index contributed by atoms with van der Waals surface area (Å²) in [5, 5.41) is 3.51. The number of unbranched alkanes of at least 4 members (excludes halogenated alkanes) is 1. The molecule has 78 valence electrons. The number of hydrogen-bond donors (Lipinski definition) is 0. The fraction of sp³-hybridized carbons (Fsp3) is 0.818. The number of azide groups is 1. The summed E-state index contributed by atoms with van der Waals surface area (Å²) in [5.74, 6) is 0. The molecule has 0 aromatic rings. The molecule has 0 aromatic carbocycles. The van der Waals surface area contributed by atoms with Gasteiger partial charge in [-0.2, -0.15) is 0 Å². The third-order valence-corrected chi connectivity index (χ3v) is 2.96. The van der Waals surface area contributed by atoms with Crippen molar-refractivity contribution in [1.82, 2.24) is 0 Å². The van der Waals surface area contributed by atoms with Crippen LogP contribution < -0.4 is 0 Å². The molecule has 1 aliphatic rings. The third-order valence-electron chi connectivity index (χ3n) is 2.96. The summed E-state index contributed by atoms with van der Waals surface area (Å²) in [6, 6.07) is 0. The second-order valence-corrected chi connectivity index (χ2v) is 4.36. The van der Waals surface area contributed by atoms with Gasteiger partial charge in [0.1, 0.15) is 0 Å². The molecule has 0 aliphatic heterocycles. The van der Waals surface area contributed by atoms with E-state index in [2.05, 4.69) is 29.1 Å². The molecule has 0 N–H and O–H groups in total. The van der Waals surface area contributed by atoms with Crippen LogP contribution >= 0.6 is 0 Å². The van der Waals surface area contributed by atoms with E-state index in [1.54, 1.807) is 0 Å². The Balaban J connectivity index is 2.16. The van der Waals surface area contributed by atoms with E-state index in [0.717, 1.165) is 12.8 Å². The zero-order chi connectivity index (χ0) is 10.3. The summed E-state index contributed by atoms with van der Waals surface area (Å²) >= 11 is 0. The molecule has 0 atom stereocenters. The molecule has 1 saturated carbocycles. The van der Waals surface area contributed by atoms with Crippen molar-refractivity contribution in [2.75, 3.05) is 6.54 Å². The maximum atomic E-state index is 8.08. The van der Waals surface area contributed by atoms with Crippen molar-refractivity contribution >= 4 is 0 Å². The summed E-state index contributed by atoms with van der Waals surface area (Å²) in [6.07, 6.45) is 12.0. The summed E-state index contributed by atoms with van der Waals surface area (Å²) in [7, 11) is 0. The van der Waals surface area contributed by atoms with Crippen molar-refractivity contribution in [1.29, 1.82) is 0 Å². The number of hydrogen-bond acceptors (Lipinski definition) is 1. The molecule has 3 nitrogen and oxygen atoms in total. The van der Waals surface area contributed by atoms with Gasteiger partial charge in [-0.25, -0.2) is 0 Å².